The van der Waals surface area contributed by atoms with Crippen LogP contribution in [0.15, 0.2) is 35.1 Å². The monoisotopic (exact) mass is 291 g/mol. The van der Waals surface area contributed by atoms with Gasteiger partial charge in [-0.3, -0.25) is 9.78 Å². The number of H-pyrrole nitrogens is 1. The van der Waals surface area contributed by atoms with Gasteiger partial charge in [-0.1, -0.05) is 37.6 Å². The quantitative estimate of drug-likeness (QED) is 0.889. The highest BCUT2D eigenvalue weighted by atomic mass is 35.5. The van der Waals surface area contributed by atoms with Crippen LogP contribution in [-0.4, -0.2) is 16.5 Å². The van der Waals surface area contributed by atoms with Crippen molar-refractivity contribution in [1.82, 2.24) is 9.97 Å². The number of nitrogens with one attached hydrogen (secondary N) is 2. The number of benzene rings is 1. The van der Waals surface area contributed by atoms with E-state index in [1.807, 2.05) is 38.1 Å². The Morgan fingerprint density at radius 3 is 2.65 bits per heavy atom. The number of halogens is 1. The molecule has 2 aromatic rings. The molecule has 1 aromatic carbocycles. The maximum Gasteiger partial charge on any atom is 0.252 e. The molecule has 0 bridgehead atoms. The van der Waals surface area contributed by atoms with Crippen LogP contribution in [0, 0.1) is 0 Å². The second-order valence-electron chi connectivity index (χ2n) is 4.98. The predicted octanol–water partition coefficient (Wildman–Crippen LogP) is 3.20. The Morgan fingerprint density at radius 1 is 1.30 bits per heavy atom. The van der Waals surface area contributed by atoms with Gasteiger partial charge in [0.2, 0.25) is 5.95 Å². The van der Waals surface area contributed by atoms with Crippen molar-refractivity contribution in [3.05, 3.63) is 57.0 Å². The average Bonchev–Trinajstić information content (AvgIpc) is 2.40. The lowest BCUT2D eigenvalue weighted by Gasteiger charge is -2.09. The second-order valence-corrected chi connectivity index (χ2v) is 5.41. The first-order valence-corrected chi connectivity index (χ1v) is 7.02. The molecule has 0 atom stereocenters. The molecular formula is C15H18ClN3O. The van der Waals surface area contributed by atoms with E-state index in [0.29, 0.717) is 12.5 Å². The van der Waals surface area contributed by atoms with Gasteiger partial charge in [-0.2, -0.15) is 0 Å². The molecule has 0 radical (unpaired) electrons. The van der Waals surface area contributed by atoms with Gasteiger partial charge in [-0.15, -0.1) is 0 Å². The van der Waals surface area contributed by atoms with Gasteiger partial charge in [0, 0.05) is 17.6 Å². The van der Waals surface area contributed by atoms with Crippen molar-refractivity contribution >= 4 is 17.5 Å². The molecule has 0 amide bonds. The molecule has 0 saturated heterocycles. The summed E-state index contributed by atoms with van der Waals surface area (Å²) in [6, 6.07) is 9.26. The topological polar surface area (TPSA) is 57.8 Å². The van der Waals surface area contributed by atoms with Crippen LogP contribution in [0.5, 0.6) is 0 Å². The highest BCUT2D eigenvalue weighted by Crippen LogP contribution is 2.11. The van der Waals surface area contributed by atoms with Crippen LogP contribution in [0.2, 0.25) is 5.02 Å². The molecule has 1 aromatic heterocycles. The average molecular weight is 292 g/mol. The van der Waals surface area contributed by atoms with E-state index < -0.39 is 0 Å². The summed E-state index contributed by atoms with van der Waals surface area (Å²) in [5.74, 6) is 0.754. The largest absolute Gasteiger partial charge is 0.355 e. The molecule has 1 heterocycles. The number of hydrogen-bond acceptors (Lipinski definition) is 3. The van der Waals surface area contributed by atoms with Crippen molar-refractivity contribution in [1.29, 1.82) is 0 Å². The fourth-order valence-electron chi connectivity index (χ4n) is 1.83. The summed E-state index contributed by atoms with van der Waals surface area (Å²) < 4.78 is 0. The fraction of sp³-hybridized carbons (Fsp3) is 0.333. The van der Waals surface area contributed by atoms with Gasteiger partial charge >= 0.3 is 0 Å². The fourth-order valence-corrected chi connectivity index (χ4v) is 1.96. The third kappa shape index (κ3) is 4.10. The van der Waals surface area contributed by atoms with E-state index in [2.05, 4.69) is 15.3 Å². The van der Waals surface area contributed by atoms with E-state index in [0.717, 1.165) is 17.1 Å². The minimum atomic E-state index is -0.127. The molecule has 0 fully saturated rings. The third-order valence-electron chi connectivity index (χ3n) is 2.97. The van der Waals surface area contributed by atoms with Crippen LogP contribution >= 0.6 is 11.6 Å². The number of hydrogen-bond donors (Lipinski definition) is 2. The number of rotatable bonds is 5. The normalized spacial score (nSPS) is 10.8. The lowest BCUT2D eigenvalue weighted by Crippen LogP contribution is -2.16. The van der Waals surface area contributed by atoms with E-state index in [-0.39, 0.29) is 11.5 Å². The first-order valence-electron chi connectivity index (χ1n) is 6.64. The van der Waals surface area contributed by atoms with Crippen molar-refractivity contribution in [2.24, 2.45) is 0 Å². The lowest BCUT2D eigenvalue weighted by atomic mass is 10.1. The molecule has 2 rings (SSSR count). The van der Waals surface area contributed by atoms with Gasteiger partial charge in [0.15, 0.2) is 0 Å². The number of aromatic amines is 1. The highest BCUT2D eigenvalue weighted by molar-refractivity contribution is 6.30. The second kappa shape index (κ2) is 6.57. The molecule has 106 valence electrons. The minimum Gasteiger partial charge on any atom is -0.355 e. The highest BCUT2D eigenvalue weighted by Gasteiger charge is 2.04. The Labute approximate surface area is 123 Å². The molecule has 2 N–H and O–H groups in total. The van der Waals surface area contributed by atoms with E-state index in [1.165, 1.54) is 11.6 Å². The SMILES string of the molecule is CC(C)c1cc(=O)[nH]c(NCCc2ccc(Cl)cc2)n1. The Balaban J connectivity index is 1.97. The summed E-state index contributed by atoms with van der Waals surface area (Å²) >= 11 is 5.84. The van der Waals surface area contributed by atoms with E-state index in [4.69, 9.17) is 11.6 Å². The van der Waals surface area contributed by atoms with Crippen LogP contribution in [-0.2, 0) is 6.42 Å². The van der Waals surface area contributed by atoms with E-state index in [9.17, 15) is 4.79 Å². The molecule has 4 nitrogen and oxygen atoms in total. The standard InChI is InChI=1S/C15H18ClN3O/c1-10(2)13-9-14(20)19-15(18-13)17-8-7-11-3-5-12(16)6-4-11/h3-6,9-10H,7-8H2,1-2H3,(H2,17,18,19,20). The summed E-state index contributed by atoms with van der Waals surface area (Å²) in [5.41, 5.74) is 1.85. The van der Waals surface area contributed by atoms with Gasteiger partial charge in [0.05, 0.1) is 5.69 Å². The molecule has 0 saturated carbocycles. The number of nitrogens with zero attached hydrogens (tertiary/aromatic N) is 1. The molecular weight excluding hydrogens is 274 g/mol. The number of aromatic nitrogens is 2. The summed E-state index contributed by atoms with van der Waals surface area (Å²) in [7, 11) is 0. The smallest absolute Gasteiger partial charge is 0.252 e. The van der Waals surface area contributed by atoms with Crippen molar-refractivity contribution in [2.75, 3.05) is 11.9 Å². The van der Waals surface area contributed by atoms with E-state index in [1.54, 1.807) is 0 Å². The van der Waals surface area contributed by atoms with Crippen molar-refractivity contribution in [3.63, 3.8) is 0 Å². The van der Waals surface area contributed by atoms with Crippen LogP contribution in [0.4, 0.5) is 5.95 Å². The summed E-state index contributed by atoms with van der Waals surface area (Å²) in [4.78, 5) is 18.6. The molecule has 0 unspecified atom stereocenters. The van der Waals surface area contributed by atoms with Gasteiger partial charge in [0.25, 0.3) is 5.56 Å². The van der Waals surface area contributed by atoms with Crippen molar-refractivity contribution < 1.29 is 0 Å². The van der Waals surface area contributed by atoms with Crippen LogP contribution in [0.1, 0.15) is 31.0 Å². The van der Waals surface area contributed by atoms with Gasteiger partial charge in [0.1, 0.15) is 0 Å². The summed E-state index contributed by atoms with van der Waals surface area (Å²) in [5, 5.41) is 3.88. The maximum absolute atomic E-state index is 11.5. The zero-order valence-electron chi connectivity index (χ0n) is 11.6. The van der Waals surface area contributed by atoms with Gasteiger partial charge in [-0.05, 0) is 30.0 Å². The van der Waals surface area contributed by atoms with Gasteiger partial charge in [-0.25, -0.2) is 4.98 Å². The molecule has 0 aliphatic heterocycles. The lowest BCUT2D eigenvalue weighted by molar-refractivity contribution is 0.808. The van der Waals surface area contributed by atoms with Gasteiger partial charge < -0.3 is 5.32 Å². The molecule has 0 aliphatic carbocycles. The maximum atomic E-state index is 11.5. The predicted molar refractivity (Wildman–Crippen MR) is 82.6 cm³/mol. The number of anilines is 1. The van der Waals surface area contributed by atoms with Crippen molar-refractivity contribution in [2.45, 2.75) is 26.2 Å². The van der Waals surface area contributed by atoms with Crippen LogP contribution in [0.25, 0.3) is 0 Å². The zero-order valence-corrected chi connectivity index (χ0v) is 12.4. The first kappa shape index (κ1) is 14.6. The molecule has 0 aliphatic rings. The molecule has 5 heteroatoms. The van der Waals surface area contributed by atoms with E-state index >= 15 is 0 Å². The Kier molecular flexibility index (Phi) is 4.79. The van der Waals surface area contributed by atoms with Crippen LogP contribution in [0.3, 0.4) is 0 Å². The summed E-state index contributed by atoms with van der Waals surface area (Å²) in [6.45, 7) is 4.73. The molecule has 20 heavy (non-hydrogen) atoms. The van der Waals surface area contributed by atoms with Crippen LogP contribution < -0.4 is 10.9 Å². The minimum absolute atomic E-state index is 0.127. The first-order chi connectivity index (χ1) is 9.54. The third-order valence-corrected chi connectivity index (χ3v) is 3.22. The Hall–Kier alpha value is -1.81. The molecule has 0 spiro atoms. The zero-order chi connectivity index (χ0) is 14.5. The Bertz CT molecular complexity index is 620. The van der Waals surface area contributed by atoms with Crippen molar-refractivity contribution in [3.8, 4) is 0 Å². The Morgan fingerprint density at radius 2 is 2.00 bits per heavy atom. The summed E-state index contributed by atoms with van der Waals surface area (Å²) in [6.07, 6.45) is 0.840.